The molecule has 1 saturated carbocycles. The summed E-state index contributed by atoms with van der Waals surface area (Å²) in [4.78, 5) is 0. The van der Waals surface area contributed by atoms with E-state index in [1.807, 2.05) is 0 Å². The molecule has 0 bridgehead atoms. The van der Waals surface area contributed by atoms with E-state index >= 15 is 0 Å². The Morgan fingerprint density at radius 3 is 2.00 bits per heavy atom. The van der Waals surface area contributed by atoms with Crippen molar-refractivity contribution in [3.63, 3.8) is 0 Å². The van der Waals surface area contributed by atoms with E-state index in [0.29, 0.717) is 6.42 Å². The first-order valence-corrected chi connectivity index (χ1v) is 8.62. The minimum Gasteiger partial charge on any atom is -0.264 e. The van der Waals surface area contributed by atoms with Crippen LogP contribution in [0.5, 0.6) is 0 Å². The number of alkyl halides is 1. The van der Waals surface area contributed by atoms with Crippen molar-refractivity contribution in [3.05, 3.63) is 0 Å². The van der Waals surface area contributed by atoms with Crippen molar-refractivity contribution >= 4 is 20.2 Å². The maximum absolute atomic E-state index is 13.5. The van der Waals surface area contributed by atoms with Crippen molar-refractivity contribution in [2.45, 2.75) is 37.6 Å². The van der Waals surface area contributed by atoms with Gasteiger partial charge in [0.2, 0.25) is 0 Å². The second-order valence-corrected chi connectivity index (χ2v) is 7.25. The molecule has 0 spiro atoms. The van der Waals surface area contributed by atoms with Crippen LogP contribution >= 0.6 is 0 Å². The molecule has 0 unspecified atom stereocenters. The van der Waals surface area contributed by atoms with Gasteiger partial charge in [0, 0.05) is 0 Å². The summed E-state index contributed by atoms with van der Waals surface area (Å²) in [7, 11) is -7.64. The maximum Gasteiger partial charge on any atom is 0.264 e. The van der Waals surface area contributed by atoms with Gasteiger partial charge in [-0.15, -0.1) is 0 Å². The lowest BCUT2D eigenvalue weighted by molar-refractivity contribution is -0.0202. The van der Waals surface area contributed by atoms with Crippen molar-refractivity contribution in [2.24, 2.45) is 0 Å². The van der Waals surface area contributed by atoms with E-state index in [9.17, 15) is 21.2 Å². The molecule has 9 heteroatoms. The normalized spacial score (nSPS) is 31.4. The summed E-state index contributed by atoms with van der Waals surface area (Å²) < 4.78 is 66.6. The summed E-state index contributed by atoms with van der Waals surface area (Å²) in [6.45, 7) is 0. The van der Waals surface area contributed by atoms with E-state index in [1.165, 1.54) is 0 Å². The molecule has 0 N–H and O–H groups in total. The van der Waals surface area contributed by atoms with Crippen molar-refractivity contribution < 1.29 is 29.6 Å². The molecule has 0 aromatic carbocycles. The number of rotatable bonds is 4. The van der Waals surface area contributed by atoms with Gasteiger partial charge >= 0.3 is 0 Å². The topological polar surface area (TPSA) is 86.7 Å². The highest BCUT2D eigenvalue weighted by molar-refractivity contribution is 7.86. The van der Waals surface area contributed by atoms with Gasteiger partial charge in [-0.1, -0.05) is 0 Å². The van der Waals surface area contributed by atoms with Crippen LogP contribution in [-0.2, 0) is 28.6 Å². The van der Waals surface area contributed by atoms with Gasteiger partial charge in [0.15, 0.2) is 0 Å². The first-order valence-electron chi connectivity index (χ1n) is 4.99. The summed E-state index contributed by atoms with van der Waals surface area (Å²) >= 11 is 0. The Bertz CT molecular complexity index is 456. The Morgan fingerprint density at radius 2 is 1.53 bits per heavy atom. The minimum atomic E-state index is -3.86. The molecule has 0 radical (unpaired) electrons. The van der Waals surface area contributed by atoms with Gasteiger partial charge < -0.3 is 0 Å². The standard InChI is InChI=1S/C8H15FO6S2/c1-16(10,11)14-7-5-3-4-6(9)8(7)15-17(2,12)13/h6-8H,3-5H2,1-2H3/t6-,7-,8+/m0/s1. The fourth-order valence-corrected chi connectivity index (χ4v) is 3.03. The molecule has 1 aliphatic rings. The van der Waals surface area contributed by atoms with E-state index in [2.05, 4.69) is 8.37 Å². The average molecular weight is 290 g/mol. The molecule has 0 aromatic rings. The molecule has 0 amide bonds. The van der Waals surface area contributed by atoms with Crippen LogP contribution in [0.1, 0.15) is 19.3 Å². The van der Waals surface area contributed by atoms with Crippen molar-refractivity contribution in [3.8, 4) is 0 Å². The molecule has 0 saturated heterocycles. The van der Waals surface area contributed by atoms with E-state index in [0.717, 1.165) is 12.5 Å². The molecular formula is C8H15FO6S2. The van der Waals surface area contributed by atoms with Gasteiger partial charge in [0.05, 0.1) is 12.5 Å². The summed E-state index contributed by atoms with van der Waals surface area (Å²) in [5.74, 6) is 0. The highest BCUT2D eigenvalue weighted by Gasteiger charge is 2.39. The first-order chi connectivity index (χ1) is 7.58. The Labute approximate surface area is 100 Å². The SMILES string of the molecule is CS(=O)(=O)O[C@H]1[C@@H](OS(C)(=O)=O)CCC[C@@H]1F. The van der Waals surface area contributed by atoms with E-state index in [-0.39, 0.29) is 12.8 Å². The van der Waals surface area contributed by atoms with Crippen LogP contribution in [0.4, 0.5) is 4.39 Å². The van der Waals surface area contributed by atoms with Gasteiger partial charge in [-0.25, -0.2) is 4.39 Å². The summed E-state index contributed by atoms with van der Waals surface area (Å²) in [6, 6.07) is 0. The molecule has 1 aliphatic carbocycles. The summed E-state index contributed by atoms with van der Waals surface area (Å²) in [5, 5.41) is 0. The van der Waals surface area contributed by atoms with Gasteiger partial charge in [-0.2, -0.15) is 16.8 Å². The Morgan fingerprint density at radius 1 is 1.00 bits per heavy atom. The Balaban J connectivity index is 2.85. The Hall–Kier alpha value is -0.250. The third kappa shape index (κ3) is 5.28. The fraction of sp³-hybridized carbons (Fsp3) is 1.00. The van der Waals surface area contributed by atoms with E-state index in [1.54, 1.807) is 0 Å². The largest absolute Gasteiger partial charge is 0.264 e. The average Bonchev–Trinajstić information content (AvgIpc) is 2.07. The van der Waals surface area contributed by atoms with Crippen LogP contribution in [-0.4, -0.2) is 47.7 Å². The molecule has 3 atom stereocenters. The zero-order valence-electron chi connectivity index (χ0n) is 9.50. The highest BCUT2D eigenvalue weighted by Crippen LogP contribution is 2.28. The quantitative estimate of drug-likeness (QED) is 0.687. The number of halogens is 1. The molecular weight excluding hydrogens is 275 g/mol. The lowest BCUT2D eigenvalue weighted by Gasteiger charge is -2.31. The lowest BCUT2D eigenvalue weighted by Crippen LogP contribution is -2.44. The van der Waals surface area contributed by atoms with E-state index < -0.39 is 38.6 Å². The molecule has 0 aliphatic heterocycles. The van der Waals surface area contributed by atoms with Crippen molar-refractivity contribution in [1.82, 2.24) is 0 Å². The first kappa shape index (κ1) is 14.8. The third-order valence-corrected chi connectivity index (χ3v) is 3.44. The predicted molar refractivity (Wildman–Crippen MR) is 58.2 cm³/mol. The smallest absolute Gasteiger partial charge is 0.264 e. The molecule has 17 heavy (non-hydrogen) atoms. The Kier molecular flexibility index (Phi) is 4.50. The predicted octanol–water partition coefficient (Wildman–Crippen LogP) is 0.198. The van der Waals surface area contributed by atoms with Crippen LogP contribution < -0.4 is 0 Å². The molecule has 0 heterocycles. The zero-order valence-corrected chi connectivity index (χ0v) is 11.1. The van der Waals surface area contributed by atoms with Crippen LogP contribution in [0.25, 0.3) is 0 Å². The van der Waals surface area contributed by atoms with Gasteiger partial charge in [-0.05, 0) is 19.3 Å². The molecule has 6 nitrogen and oxygen atoms in total. The monoisotopic (exact) mass is 290 g/mol. The van der Waals surface area contributed by atoms with Crippen LogP contribution in [0.3, 0.4) is 0 Å². The minimum absolute atomic E-state index is 0.129. The van der Waals surface area contributed by atoms with E-state index in [4.69, 9.17) is 0 Å². The number of hydrogen-bond donors (Lipinski definition) is 0. The lowest BCUT2D eigenvalue weighted by atomic mass is 9.93. The fourth-order valence-electron chi connectivity index (χ4n) is 1.73. The molecule has 1 rings (SSSR count). The second-order valence-electron chi connectivity index (χ2n) is 4.05. The van der Waals surface area contributed by atoms with Crippen molar-refractivity contribution in [1.29, 1.82) is 0 Å². The molecule has 102 valence electrons. The summed E-state index contributed by atoms with van der Waals surface area (Å²) in [5.41, 5.74) is 0. The second kappa shape index (κ2) is 5.17. The van der Waals surface area contributed by atoms with Crippen molar-refractivity contribution in [2.75, 3.05) is 12.5 Å². The molecule has 0 aromatic heterocycles. The number of hydrogen-bond acceptors (Lipinski definition) is 6. The highest BCUT2D eigenvalue weighted by atomic mass is 32.2. The van der Waals surface area contributed by atoms with Crippen LogP contribution in [0.2, 0.25) is 0 Å². The maximum atomic E-state index is 13.5. The third-order valence-electron chi connectivity index (χ3n) is 2.28. The van der Waals surface area contributed by atoms with Gasteiger partial charge in [-0.3, -0.25) is 8.37 Å². The summed E-state index contributed by atoms with van der Waals surface area (Å²) in [6.07, 6.45) is -1.64. The van der Waals surface area contributed by atoms with Gasteiger partial charge in [0.1, 0.15) is 18.4 Å². The van der Waals surface area contributed by atoms with Crippen LogP contribution in [0, 0.1) is 0 Å². The van der Waals surface area contributed by atoms with Crippen LogP contribution in [0.15, 0.2) is 0 Å². The zero-order chi connectivity index (χ0) is 13.3. The van der Waals surface area contributed by atoms with Gasteiger partial charge in [0.25, 0.3) is 20.2 Å². The molecule has 1 fully saturated rings.